The van der Waals surface area contributed by atoms with Crippen LogP contribution < -0.4 is 5.32 Å². The lowest BCUT2D eigenvalue weighted by atomic mass is 10.1. The molecule has 2 rings (SSSR count). The van der Waals surface area contributed by atoms with Crippen molar-refractivity contribution < 1.29 is 4.79 Å². The highest BCUT2D eigenvalue weighted by molar-refractivity contribution is 6.27. The van der Waals surface area contributed by atoms with Gasteiger partial charge in [-0.25, -0.2) is 0 Å². The Morgan fingerprint density at radius 1 is 1.37 bits per heavy atom. The van der Waals surface area contributed by atoms with Gasteiger partial charge in [0.1, 0.15) is 17.7 Å². The number of aryl methyl sites for hydroxylation is 1. The molecule has 1 atom stereocenters. The number of carbonyl (C=O) groups excluding carboxylic acids is 1. The maximum Gasteiger partial charge on any atom is 0.235 e. The summed E-state index contributed by atoms with van der Waals surface area (Å²) in [5.41, 5.74) is 0.941. The molecule has 2 aromatic rings. The van der Waals surface area contributed by atoms with Crippen molar-refractivity contribution in [3.8, 4) is 0 Å². The third kappa shape index (κ3) is 2.93. The highest BCUT2D eigenvalue weighted by Gasteiger charge is 2.21. The van der Waals surface area contributed by atoms with Gasteiger partial charge in [0.25, 0.3) is 0 Å². The fourth-order valence-corrected chi connectivity index (χ4v) is 1.89. The van der Waals surface area contributed by atoms with Gasteiger partial charge < -0.3 is 9.88 Å². The Labute approximate surface area is 116 Å². The molecule has 1 aromatic heterocycles. The fourth-order valence-electron chi connectivity index (χ4n) is 1.82. The summed E-state index contributed by atoms with van der Waals surface area (Å²) in [7, 11) is 1.87. The second-order valence-corrected chi connectivity index (χ2v) is 4.48. The summed E-state index contributed by atoms with van der Waals surface area (Å²) in [5, 5.41) is 11.0. The predicted molar refractivity (Wildman–Crippen MR) is 72.9 cm³/mol. The van der Waals surface area contributed by atoms with Crippen molar-refractivity contribution in [3.63, 3.8) is 0 Å². The smallest absolute Gasteiger partial charge is 0.235 e. The first-order valence-electron chi connectivity index (χ1n) is 5.89. The standard InChI is InChI=1S/C13H15ClN4O/c1-9-16-17-13(18(9)2)12(15-11(19)8-14)10-6-4-3-5-7-10/h3-7,12H,8H2,1-2H3,(H,15,19). The van der Waals surface area contributed by atoms with Crippen molar-refractivity contribution >= 4 is 17.5 Å². The van der Waals surface area contributed by atoms with Crippen molar-refractivity contribution in [2.24, 2.45) is 7.05 Å². The first-order chi connectivity index (χ1) is 9.13. The molecule has 0 aliphatic carbocycles. The lowest BCUT2D eigenvalue weighted by Gasteiger charge is -2.18. The molecule has 100 valence electrons. The molecule has 1 N–H and O–H groups in total. The highest BCUT2D eigenvalue weighted by Crippen LogP contribution is 2.20. The topological polar surface area (TPSA) is 59.8 Å². The minimum Gasteiger partial charge on any atom is -0.341 e. The number of nitrogens with one attached hydrogen (secondary N) is 1. The Hall–Kier alpha value is -1.88. The third-order valence-electron chi connectivity index (χ3n) is 2.94. The summed E-state index contributed by atoms with van der Waals surface area (Å²) < 4.78 is 1.85. The van der Waals surface area contributed by atoms with Crippen molar-refractivity contribution in [3.05, 3.63) is 47.5 Å². The van der Waals surface area contributed by atoms with Crippen molar-refractivity contribution in [1.29, 1.82) is 0 Å². The number of halogens is 1. The number of aromatic nitrogens is 3. The van der Waals surface area contributed by atoms with Gasteiger partial charge in [-0.05, 0) is 12.5 Å². The quantitative estimate of drug-likeness (QED) is 0.864. The van der Waals surface area contributed by atoms with Crippen LogP contribution in [0.2, 0.25) is 0 Å². The molecule has 1 heterocycles. The number of amides is 1. The van der Waals surface area contributed by atoms with Crippen LogP contribution in [-0.4, -0.2) is 26.6 Å². The van der Waals surface area contributed by atoms with Crippen LogP contribution >= 0.6 is 11.6 Å². The van der Waals surface area contributed by atoms with Gasteiger partial charge >= 0.3 is 0 Å². The summed E-state index contributed by atoms with van der Waals surface area (Å²) in [4.78, 5) is 11.6. The Morgan fingerprint density at radius 2 is 2.05 bits per heavy atom. The van der Waals surface area contributed by atoms with Crippen LogP contribution in [0.3, 0.4) is 0 Å². The first-order valence-corrected chi connectivity index (χ1v) is 6.43. The SMILES string of the molecule is Cc1nnc(C(NC(=O)CCl)c2ccccc2)n1C. The Balaban J connectivity index is 2.40. The first kappa shape index (κ1) is 13.5. The van der Waals surface area contributed by atoms with E-state index in [-0.39, 0.29) is 17.8 Å². The van der Waals surface area contributed by atoms with Gasteiger partial charge in [-0.3, -0.25) is 4.79 Å². The molecule has 0 fully saturated rings. The van der Waals surface area contributed by atoms with Crippen LogP contribution in [0.1, 0.15) is 23.3 Å². The number of benzene rings is 1. The molecule has 1 aromatic carbocycles. The number of rotatable bonds is 4. The molecule has 0 aliphatic heterocycles. The minimum absolute atomic E-state index is 0.0832. The van der Waals surface area contributed by atoms with E-state index in [1.165, 1.54) is 0 Å². The lowest BCUT2D eigenvalue weighted by molar-refractivity contribution is -0.119. The van der Waals surface area contributed by atoms with Gasteiger partial charge in [0, 0.05) is 7.05 Å². The van der Waals surface area contributed by atoms with Crippen LogP contribution in [0, 0.1) is 6.92 Å². The van der Waals surface area contributed by atoms with Gasteiger partial charge in [0.05, 0.1) is 0 Å². The van der Waals surface area contributed by atoms with E-state index >= 15 is 0 Å². The largest absolute Gasteiger partial charge is 0.341 e. The van der Waals surface area contributed by atoms with Crippen LogP contribution in [-0.2, 0) is 11.8 Å². The Morgan fingerprint density at radius 3 is 2.58 bits per heavy atom. The fraction of sp³-hybridized carbons (Fsp3) is 0.308. The predicted octanol–water partition coefficient (Wildman–Crippen LogP) is 1.57. The zero-order valence-corrected chi connectivity index (χ0v) is 11.6. The zero-order valence-electron chi connectivity index (χ0n) is 10.8. The molecule has 5 nitrogen and oxygen atoms in total. The molecule has 0 saturated heterocycles. The van der Waals surface area contributed by atoms with Gasteiger partial charge in [0.15, 0.2) is 5.82 Å². The van der Waals surface area contributed by atoms with E-state index in [0.29, 0.717) is 5.82 Å². The summed E-state index contributed by atoms with van der Waals surface area (Å²) in [5.74, 6) is 1.15. The molecule has 0 saturated carbocycles. The van der Waals surface area contributed by atoms with E-state index in [1.807, 2.05) is 48.9 Å². The van der Waals surface area contributed by atoms with E-state index in [4.69, 9.17) is 11.6 Å². The van der Waals surface area contributed by atoms with Crippen molar-refractivity contribution in [2.45, 2.75) is 13.0 Å². The summed E-state index contributed by atoms with van der Waals surface area (Å²) >= 11 is 5.56. The van der Waals surface area contributed by atoms with E-state index < -0.39 is 0 Å². The van der Waals surface area contributed by atoms with Gasteiger partial charge in [-0.2, -0.15) is 0 Å². The molecule has 1 unspecified atom stereocenters. The molecule has 6 heteroatoms. The molecular formula is C13H15ClN4O. The van der Waals surface area contributed by atoms with Crippen LogP contribution in [0.5, 0.6) is 0 Å². The summed E-state index contributed by atoms with van der Waals surface area (Å²) in [6.45, 7) is 1.86. The second kappa shape index (κ2) is 5.84. The second-order valence-electron chi connectivity index (χ2n) is 4.21. The van der Waals surface area contributed by atoms with Crippen LogP contribution in [0.4, 0.5) is 0 Å². The van der Waals surface area contributed by atoms with Gasteiger partial charge in [-0.15, -0.1) is 21.8 Å². The molecule has 0 radical (unpaired) electrons. The maximum absolute atomic E-state index is 11.6. The lowest BCUT2D eigenvalue weighted by Crippen LogP contribution is -2.32. The van der Waals surface area contributed by atoms with Gasteiger partial charge in [0.2, 0.25) is 5.91 Å². The summed E-state index contributed by atoms with van der Waals surface area (Å²) in [6, 6.07) is 9.27. The van der Waals surface area contributed by atoms with E-state index in [2.05, 4.69) is 15.5 Å². The monoisotopic (exact) mass is 278 g/mol. The van der Waals surface area contributed by atoms with Crippen LogP contribution in [0.15, 0.2) is 30.3 Å². The van der Waals surface area contributed by atoms with Crippen LogP contribution in [0.25, 0.3) is 0 Å². The zero-order chi connectivity index (χ0) is 13.8. The van der Waals surface area contributed by atoms with E-state index in [1.54, 1.807) is 0 Å². The summed E-state index contributed by atoms with van der Waals surface area (Å²) in [6.07, 6.45) is 0. The molecular weight excluding hydrogens is 264 g/mol. The van der Waals surface area contributed by atoms with Crippen molar-refractivity contribution in [1.82, 2.24) is 20.1 Å². The third-order valence-corrected chi connectivity index (χ3v) is 3.19. The molecule has 0 spiro atoms. The maximum atomic E-state index is 11.6. The number of hydrogen-bond acceptors (Lipinski definition) is 3. The minimum atomic E-state index is -0.348. The molecule has 0 aliphatic rings. The van der Waals surface area contributed by atoms with Crippen molar-refractivity contribution in [2.75, 3.05) is 5.88 Å². The Kier molecular flexibility index (Phi) is 4.16. The number of nitrogens with zero attached hydrogens (tertiary/aromatic N) is 3. The average Bonchev–Trinajstić information content (AvgIpc) is 2.77. The van der Waals surface area contributed by atoms with E-state index in [0.717, 1.165) is 11.4 Å². The molecule has 0 bridgehead atoms. The van der Waals surface area contributed by atoms with E-state index in [9.17, 15) is 4.79 Å². The molecule has 1 amide bonds. The highest BCUT2D eigenvalue weighted by atomic mass is 35.5. The van der Waals surface area contributed by atoms with Gasteiger partial charge in [-0.1, -0.05) is 30.3 Å². The normalized spacial score (nSPS) is 12.2. The number of hydrogen-bond donors (Lipinski definition) is 1. The number of carbonyl (C=O) groups is 1. The Bertz CT molecular complexity index is 567. The average molecular weight is 279 g/mol. The molecule has 19 heavy (non-hydrogen) atoms. The number of alkyl halides is 1.